The largest absolute Gasteiger partial charge is 0.341 e. The highest BCUT2D eigenvalue weighted by Crippen LogP contribution is 2.34. The summed E-state index contributed by atoms with van der Waals surface area (Å²) in [6.45, 7) is 1.88. The third kappa shape index (κ3) is 6.36. The summed E-state index contributed by atoms with van der Waals surface area (Å²) in [6, 6.07) is 2.74. The van der Waals surface area contributed by atoms with E-state index in [1.807, 2.05) is 12.4 Å². The Labute approximate surface area is 202 Å². The van der Waals surface area contributed by atoms with Crippen LogP contribution in [-0.4, -0.2) is 52.6 Å². The van der Waals surface area contributed by atoms with Gasteiger partial charge in [-0.1, -0.05) is 19.3 Å². The molecule has 4 rings (SSSR count). The normalized spacial score (nSPS) is 21.2. The van der Waals surface area contributed by atoms with Crippen molar-refractivity contribution in [1.29, 1.82) is 0 Å². The second-order valence-corrected chi connectivity index (χ2v) is 10.5. The monoisotopic (exact) mass is 495 g/mol. The highest BCUT2D eigenvalue weighted by atomic mass is 32.2. The predicted molar refractivity (Wildman–Crippen MR) is 128 cm³/mol. The molecule has 3 heterocycles. The number of hydrogen-bond donors (Lipinski definition) is 1. The number of carbonyl (C=O) groups is 2. The maximum Gasteiger partial charge on any atom is 0.250 e. The summed E-state index contributed by atoms with van der Waals surface area (Å²) in [5, 5.41) is 4.04. The molecule has 2 aliphatic heterocycles. The molecule has 2 saturated heterocycles. The molecular formula is C25H32F3N3O2S. The number of alkyl halides is 2. The van der Waals surface area contributed by atoms with Crippen LogP contribution in [0.4, 0.5) is 13.2 Å². The standard InChI is InChI=1S/C25H32F3N3O2S/c26-20-7-6-18-16-31(21-8-9-22(32)29-24(21)33)17-19(18)23(20)34-15-5-3-1-2-4-12-30-13-10-25(27,28)11-14-30/h6-7,16-17,21H,1-5,8-15H2,(H,29,32,33). The van der Waals surface area contributed by atoms with Gasteiger partial charge in [-0.3, -0.25) is 14.9 Å². The maximum atomic E-state index is 14.6. The Morgan fingerprint density at radius 2 is 1.76 bits per heavy atom. The molecule has 0 saturated carbocycles. The van der Waals surface area contributed by atoms with E-state index in [0.29, 0.717) is 30.8 Å². The zero-order valence-corrected chi connectivity index (χ0v) is 20.1. The molecule has 2 amide bonds. The number of rotatable bonds is 10. The molecule has 0 aliphatic carbocycles. The summed E-state index contributed by atoms with van der Waals surface area (Å²) < 4.78 is 42.8. The minimum absolute atomic E-state index is 0.0234. The average molecular weight is 496 g/mol. The SMILES string of the molecule is O=C1CCC(n2cc3ccc(F)c(SCCCCCCCN4CCC(F)(F)CC4)c3c2)C(=O)N1. The lowest BCUT2D eigenvalue weighted by atomic mass is 10.1. The highest BCUT2D eigenvalue weighted by molar-refractivity contribution is 7.99. The van der Waals surface area contributed by atoms with Gasteiger partial charge in [0.25, 0.3) is 5.92 Å². The first-order valence-electron chi connectivity index (χ1n) is 12.2. The van der Waals surface area contributed by atoms with Gasteiger partial charge in [0.15, 0.2) is 0 Å². The summed E-state index contributed by atoms with van der Waals surface area (Å²) in [5.74, 6) is -2.50. The second kappa shape index (κ2) is 11.2. The molecule has 1 N–H and O–H groups in total. The minimum atomic E-state index is -2.48. The first-order valence-corrected chi connectivity index (χ1v) is 13.2. The van der Waals surface area contributed by atoms with Gasteiger partial charge in [-0.25, -0.2) is 13.2 Å². The fourth-order valence-electron chi connectivity index (χ4n) is 4.72. The number of likely N-dealkylation sites (tertiary alicyclic amines) is 1. The number of piperidine rings is 2. The Bertz CT molecular complexity index is 1020. The van der Waals surface area contributed by atoms with Crippen LogP contribution in [0.3, 0.4) is 0 Å². The van der Waals surface area contributed by atoms with Crippen LogP contribution in [0.2, 0.25) is 0 Å². The smallest absolute Gasteiger partial charge is 0.250 e. The molecule has 0 spiro atoms. The summed E-state index contributed by atoms with van der Waals surface area (Å²) in [4.78, 5) is 26.4. The van der Waals surface area contributed by atoms with E-state index in [9.17, 15) is 22.8 Å². The molecule has 1 aromatic carbocycles. The fraction of sp³-hybridized carbons (Fsp3) is 0.600. The molecule has 2 aromatic rings. The van der Waals surface area contributed by atoms with E-state index in [0.717, 1.165) is 55.2 Å². The van der Waals surface area contributed by atoms with Crippen molar-refractivity contribution in [3.05, 3.63) is 30.3 Å². The van der Waals surface area contributed by atoms with Crippen molar-refractivity contribution in [1.82, 2.24) is 14.8 Å². The molecule has 5 nitrogen and oxygen atoms in total. The molecule has 186 valence electrons. The van der Waals surface area contributed by atoms with E-state index in [4.69, 9.17) is 0 Å². The number of carbonyl (C=O) groups excluding carboxylic acids is 2. The van der Waals surface area contributed by atoms with E-state index < -0.39 is 12.0 Å². The van der Waals surface area contributed by atoms with Gasteiger partial charge in [-0.2, -0.15) is 0 Å². The number of benzene rings is 1. The molecule has 0 radical (unpaired) electrons. The number of unbranched alkanes of at least 4 members (excludes halogenated alkanes) is 4. The minimum Gasteiger partial charge on any atom is -0.341 e. The number of thioether (sulfide) groups is 1. The van der Waals surface area contributed by atoms with Crippen LogP contribution in [0, 0.1) is 5.82 Å². The van der Waals surface area contributed by atoms with Gasteiger partial charge >= 0.3 is 0 Å². The van der Waals surface area contributed by atoms with Gasteiger partial charge in [0.1, 0.15) is 11.9 Å². The van der Waals surface area contributed by atoms with Gasteiger partial charge in [-0.05, 0) is 43.7 Å². The number of amides is 2. The molecule has 2 fully saturated rings. The van der Waals surface area contributed by atoms with E-state index >= 15 is 0 Å². The van der Waals surface area contributed by atoms with Crippen molar-refractivity contribution in [2.75, 3.05) is 25.4 Å². The van der Waals surface area contributed by atoms with Crippen LogP contribution in [0.5, 0.6) is 0 Å². The van der Waals surface area contributed by atoms with Crippen LogP contribution in [0.1, 0.15) is 63.8 Å². The number of hydrogen-bond acceptors (Lipinski definition) is 4. The predicted octanol–water partition coefficient (Wildman–Crippen LogP) is 5.53. The van der Waals surface area contributed by atoms with Gasteiger partial charge in [0, 0.05) is 55.5 Å². The van der Waals surface area contributed by atoms with Crippen LogP contribution >= 0.6 is 11.8 Å². The highest BCUT2D eigenvalue weighted by Gasteiger charge is 2.33. The van der Waals surface area contributed by atoms with Crippen molar-refractivity contribution in [2.45, 2.75) is 74.6 Å². The molecule has 1 unspecified atom stereocenters. The first-order chi connectivity index (χ1) is 16.3. The Kier molecular flexibility index (Phi) is 8.24. The number of imide groups is 1. The third-order valence-electron chi connectivity index (χ3n) is 6.77. The first kappa shape index (κ1) is 25.1. The Morgan fingerprint density at radius 1 is 1.03 bits per heavy atom. The summed E-state index contributed by atoms with van der Waals surface area (Å²) in [7, 11) is 0. The second-order valence-electron chi connectivity index (χ2n) is 9.37. The van der Waals surface area contributed by atoms with E-state index in [1.165, 1.54) is 17.8 Å². The number of nitrogens with one attached hydrogen (secondary N) is 1. The zero-order chi connectivity index (χ0) is 24.1. The molecule has 9 heteroatoms. The fourth-order valence-corrected chi connectivity index (χ4v) is 5.80. The van der Waals surface area contributed by atoms with Crippen molar-refractivity contribution in [3.63, 3.8) is 0 Å². The summed E-state index contributed by atoms with van der Waals surface area (Å²) >= 11 is 1.50. The van der Waals surface area contributed by atoms with Crippen molar-refractivity contribution >= 4 is 34.3 Å². The van der Waals surface area contributed by atoms with Crippen molar-refractivity contribution in [2.24, 2.45) is 0 Å². The van der Waals surface area contributed by atoms with Crippen LogP contribution in [-0.2, 0) is 9.59 Å². The van der Waals surface area contributed by atoms with Gasteiger partial charge < -0.3 is 9.47 Å². The van der Waals surface area contributed by atoms with Gasteiger partial charge in [0.2, 0.25) is 11.8 Å². The van der Waals surface area contributed by atoms with Gasteiger partial charge in [-0.15, -0.1) is 11.8 Å². The zero-order valence-electron chi connectivity index (χ0n) is 19.3. The Morgan fingerprint density at radius 3 is 2.53 bits per heavy atom. The van der Waals surface area contributed by atoms with Gasteiger partial charge in [0.05, 0.1) is 4.90 Å². The number of halogens is 3. The topological polar surface area (TPSA) is 54.3 Å². The van der Waals surface area contributed by atoms with Crippen molar-refractivity contribution < 1.29 is 22.8 Å². The Hall–Kier alpha value is -2.00. The van der Waals surface area contributed by atoms with E-state index in [1.54, 1.807) is 10.6 Å². The van der Waals surface area contributed by atoms with E-state index in [2.05, 4.69) is 10.2 Å². The lowest BCUT2D eigenvalue weighted by Crippen LogP contribution is -2.41. The quantitative estimate of drug-likeness (QED) is 0.267. The van der Waals surface area contributed by atoms with E-state index in [-0.39, 0.29) is 30.5 Å². The lowest BCUT2D eigenvalue weighted by molar-refractivity contribution is -0.135. The van der Waals surface area contributed by atoms with Crippen LogP contribution < -0.4 is 5.32 Å². The molecule has 2 aliphatic rings. The summed E-state index contributed by atoms with van der Waals surface area (Å²) in [5.41, 5.74) is 0. The number of fused-ring (bicyclic) bond motifs is 1. The molecule has 0 bridgehead atoms. The van der Waals surface area contributed by atoms with Crippen LogP contribution in [0.25, 0.3) is 10.8 Å². The third-order valence-corrected chi connectivity index (χ3v) is 7.97. The molecule has 1 aromatic heterocycles. The van der Waals surface area contributed by atoms with Crippen molar-refractivity contribution in [3.8, 4) is 0 Å². The van der Waals surface area contributed by atoms with Crippen LogP contribution in [0.15, 0.2) is 29.4 Å². The summed E-state index contributed by atoms with van der Waals surface area (Å²) in [6.07, 6.45) is 9.59. The molecule has 34 heavy (non-hydrogen) atoms. The molecule has 1 atom stereocenters. The molecular weight excluding hydrogens is 463 g/mol. The lowest BCUT2D eigenvalue weighted by Gasteiger charge is -2.31. The number of aromatic nitrogens is 1. The number of nitrogens with zero attached hydrogens (tertiary/aromatic N) is 2. The average Bonchev–Trinajstić information content (AvgIpc) is 3.22. The maximum absolute atomic E-state index is 14.6. The Balaban J connectivity index is 1.21.